The molecule has 0 saturated heterocycles. The summed E-state index contributed by atoms with van der Waals surface area (Å²) < 4.78 is 0. The molecular formula is C25H20N. The molecule has 0 fully saturated rings. The van der Waals surface area contributed by atoms with Crippen LogP contribution in [0.2, 0.25) is 0 Å². The first-order valence-electron chi connectivity index (χ1n) is 8.80. The smallest absolute Gasteiger partial charge is 0.0462 e. The first-order chi connectivity index (χ1) is 12.8. The van der Waals surface area contributed by atoms with Crippen LogP contribution in [0.5, 0.6) is 0 Å². The van der Waals surface area contributed by atoms with Gasteiger partial charge in [0, 0.05) is 17.1 Å². The number of hydrogen-bond acceptors (Lipinski definition) is 1. The Morgan fingerprint density at radius 3 is 1.65 bits per heavy atom. The summed E-state index contributed by atoms with van der Waals surface area (Å²) in [5.74, 6) is 0. The third-order valence-corrected chi connectivity index (χ3v) is 4.48. The Labute approximate surface area is 155 Å². The highest BCUT2D eigenvalue weighted by Crippen LogP contribution is 2.35. The minimum absolute atomic E-state index is 1.14. The summed E-state index contributed by atoms with van der Waals surface area (Å²) in [5, 5.41) is 0. The van der Waals surface area contributed by atoms with Gasteiger partial charge in [-0.1, -0.05) is 72.3 Å². The molecule has 4 rings (SSSR count). The van der Waals surface area contributed by atoms with Gasteiger partial charge in [0.25, 0.3) is 0 Å². The second-order valence-corrected chi connectivity index (χ2v) is 6.34. The third kappa shape index (κ3) is 3.38. The predicted molar refractivity (Wildman–Crippen MR) is 110 cm³/mol. The van der Waals surface area contributed by atoms with E-state index in [1.165, 1.54) is 16.7 Å². The van der Waals surface area contributed by atoms with Crippen molar-refractivity contribution in [2.24, 2.45) is 0 Å². The van der Waals surface area contributed by atoms with Crippen molar-refractivity contribution in [2.45, 2.75) is 6.92 Å². The molecule has 0 saturated carbocycles. The molecule has 0 heterocycles. The summed E-state index contributed by atoms with van der Waals surface area (Å²) in [6.45, 7) is 2.11. The molecular weight excluding hydrogens is 314 g/mol. The van der Waals surface area contributed by atoms with E-state index in [4.69, 9.17) is 0 Å². The lowest BCUT2D eigenvalue weighted by Gasteiger charge is -2.25. The van der Waals surface area contributed by atoms with Crippen LogP contribution in [0, 0.1) is 13.0 Å². The van der Waals surface area contributed by atoms with E-state index in [9.17, 15) is 0 Å². The number of aryl methyl sites for hydroxylation is 1. The standard InChI is InChI=1S/C25H20N/c1-20-12-16-24(17-13-20)26(23-10-6-3-7-11-23)25-18-14-22(15-19-25)21-8-4-2-5-9-21/h3-19H,1H3. The number of benzene rings is 4. The van der Waals surface area contributed by atoms with Gasteiger partial charge in [-0.3, -0.25) is 0 Å². The maximum absolute atomic E-state index is 3.07. The number of rotatable bonds is 4. The van der Waals surface area contributed by atoms with Crippen molar-refractivity contribution in [3.63, 3.8) is 0 Å². The van der Waals surface area contributed by atoms with E-state index in [0.717, 1.165) is 17.1 Å². The zero-order valence-corrected chi connectivity index (χ0v) is 14.8. The second-order valence-electron chi connectivity index (χ2n) is 6.34. The average molecular weight is 334 g/mol. The van der Waals surface area contributed by atoms with Crippen LogP contribution < -0.4 is 4.90 Å². The maximum atomic E-state index is 3.07. The molecule has 0 aliphatic rings. The summed E-state index contributed by atoms with van der Waals surface area (Å²) in [4.78, 5) is 2.28. The fourth-order valence-corrected chi connectivity index (χ4v) is 3.10. The van der Waals surface area contributed by atoms with E-state index in [1.54, 1.807) is 0 Å². The molecule has 0 aliphatic heterocycles. The zero-order chi connectivity index (χ0) is 17.8. The van der Waals surface area contributed by atoms with Crippen molar-refractivity contribution in [3.05, 3.63) is 115 Å². The lowest BCUT2D eigenvalue weighted by molar-refractivity contribution is 1.27. The van der Waals surface area contributed by atoms with Gasteiger partial charge in [0.1, 0.15) is 0 Å². The molecule has 4 aromatic rings. The van der Waals surface area contributed by atoms with Crippen LogP contribution in [0.1, 0.15) is 5.56 Å². The summed E-state index contributed by atoms with van der Waals surface area (Å²) >= 11 is 0. The Bertz CT molecular complexity index is 956. The van der Waals surface area contributed by atoms with Crippen molar-refractivity contribution in [3.8, 4) is 11.1 Å². The number of nitrogens with zero attached hydrogens (tertiary/aromatic N) is 1. The van der Waals surface area contributed by atoms with Crippen LogP contribution >= 0.6 is 0 Å². The topological polar surface area (TPSA) is 3.24 Å². The third-order valence-electron chi connectivity index (χ3n) is 4.48. The van der Waals surface area contributed by atoms with Gasteiger partial charge >= 0.3 is 0 Å². The van der Waals surface area contributed by atoms with Crippen LogP contribution in [0.3, 0.4) is 0 Å². The van der Waals surface area contributed by atoms with Gasteiger partial charge in [0.05, 0.1) is 0 Å². The second kappa shape index (κ2) is 7.28. The Balaban J connectivity index is 1.76. The van der Waals surface area contributed by atoms with E-state index >= 15 is 0 Å². The first-order valence-corrected chi connectivity index (χ1v) is 8.80. The van der Waals surface area contributed by atoms with Crippen molar-refractivity contribution in [2.75, 3.05) is 4.90 Å². The molecule has 0 spiro atoms. The van der Waals surface area contributed by atoms with Crippen LogP contribution in [-0.4, -0.2) is 0 Å². The summed E-state index contributed by atoms with van der Waals surface area (Å²) in [6, 6.07) is 39.0. The molecule has 0 unspecified atom stereocenters. The number of hydrogen-bond donors (Lipinski definition) is 0. The average Bonchev–Trinajstić information content (AvgIpc) is 2.72. The minimum Gasteiger partial charge on any atom is -0.311 e. The molecule has 0 atom stereocenters. The molecule has 0 N–H and O–H groups in total. The Kier molecular flexibility index (Phi) is 4.53. The van der Waals surface area contributed by atoms with Crippen LogP contribution in [0.25, 0.3) is 11.1 Å². The molecule has 125 valence electrons. The molecule has 0 amide bonds. The fraction of sp³-hybridized carbons (Fsp3) is 0.0400. The van der Waals surface area contributed by atoms with Gasteiger partial charge in [0.15, 0.2) is 0 Å². The van der Waals surface area contributed by atoms with E-state index < -0.39 is 0 Å². The van der Waals surface area contributed by atoms with Crippen molar-refractivity contribution in [1.82, 2.24) is 0 Å². The largest absolute Gasteiger partial charge is 0.311 e. The number of anilines is 3. The highest BCUT2D eigenvalue weighted by molar-refractivity contribution is 5.78. The lowest BCUT2D eigenvalue weighted by atomic mass is 10.0. The van der Waals surface area contributed by atoms with E-state index in [2.05, 4.69) is 103 Å². The van der Waals surface area contributed by atoms with E-state index in [-0.39, 0.29) is 0 Å². The fourth-order valence-electron chi connectivity index (χ4n) is 3.10. The van der Waals surface area contributed by atoms with E-state index in [1.807, 2.05) is 18.2 Å². The molecule has 0 aromatic heterocycles. The molecule has 0 aliphatic carbocycles. The normalized spacial score (nSPS) is 10.5. The lowest BCUT2D eigenvalue weighted by Crippen LogP contribution is -2.09. The number of para-hydroxylation sites is 1. The molecule has 1 nitrogen and oxygen atoms in total. The molecule has 26 heavy (non-hydrogen) atoms. The Morgan fingerprint density at radius 1 is 0.538 bits per heavy atom. The van der Waals surface area contributed by atoms with Gasteiger partial charge < -0.3 is 4.90 Å². The van der Waals surface area contributed by atoms with Crippen LogP contribution in [0.4, 0.5) is 17.1 Å². The molecule has 4 aromatic carbocycles. The summed E-state index contributed by atoms with van der Waals surface area (Å²) in [7, 11) is 0. The summed E-state index contributed by atoms with van der Waals surface area (Å²) in [6.07, 6.45) is 0. The van der Waals surface area contributed by atoms with Gasteiger partial charge in [0.2, 0.25) is 0 Å². The summed E-state index contributed by atoms with van der Waals surface area (Å²) in [5.41, 5.74) is 7.13. The highest BCUT2D eigenvalue weighted by Gasteiger charge is 2.12. The SMILES string of the molecule is Cc1ccc(N(c2ccccc2)c2ccc(-c3cc[c]cc3)cc2)cc1. The molecule has 1 radical (unpaired) electrons. The monoisotopic (exact) mass is 334 g/mol. The van der Waals surface area contributed by atoms with Crippen molar-refractivity contribution < 1.29 is 0 Å². The Hall–Kier alpha value is -3.32. The van der Waals surface area contributed by atoms with Gasteiger partial charge in [-0.25, -0.2) is 0 Å². The van der Waals surface area contributed by atoms with Gasteiger partial charge in [-0.15, -0.1) is 0 Å². The van der Waals surface area contributed by atoms with Crippen LogP contribution in [0.15, 0.2) is 103 Å². The van der Waals surface area contributed by atoms with Crippen LogP contribution in [-0.2, 0) is 0 Å². The van der Waals surface area contributed by atoms with Gasteiger partial charge in [-0.05, 0) is 60.5 Å². The quantitative estimate of drug-likeness (QED) is 0.391. The Morgan fingerprint density at radius 2 is 1.04 bits per heavy atom. The van der Waals surface area contributed by atoms with Crippen molar-refractivity contribution >= 4 is 17.1 Å². The first kappa shape index (κ1) is 16.2. The minimum atomic E-state index is 1.14. The van der Waals surface area contributed by atoms with Crippen molar-refractivity contribution in [1.29, 1.82) is 0 Å². The highest BCUT2D eigenvalue weighted by atomic mass is 15.1. The molecule has 1 heteroatoms. The van der Waals surface area contributed by atoms with Gasteiger partial charge in [-0.2, -0.15) is 0 Å². The predicted octanol–water partition coefficient (Wildman–Crippen LogP) is 6.93. The maximum Gasteiger partial charge on any atom is 0.0462 e. The van der Waals surface area contributed by atoms with E-state index in [0.29, 0.717) is 0 Å². The zero-order valence-electron chi connectivity index (χ0n) is 14.8. The molecule has 0 bridgehead atoms.